The molecule has 3 heteroatoms. The van der Waals surface area contributed by atoms with E-state index in [9.17, 15) is 4.79 Å². The highest BCUT2D eigenvalue weighted by Crippen LogP contribution is 2.13. The van der Waals surface area contributed by atoms with Crippen LogP contribution in [-0.2, 0) is 6.42 Å². The van der Waals surface area contributed by atoms with Crippen molar-refractivity contribution in [2.45, 2.75) is 40.0 Å². The topological polar surface area (TPSA) is 37.8 Å². The summed E-state index contributed by atoms with van der Waals surface area (Å²) in [5, 5.41) is 2.92. The predicted molar refractivity (Wildman–Crippen MR) is 74.5 cm³/mol. The number of aromatic nitrogens is 2. The van der Waals surface area contributed by atoms with Gasteiger partial charge in [-0.15, -0.1) is 0 Å². The Hall–Kier alpha value is -1.77. The highest BCUT2D eigenvalue weighted by atomic mass is 16.1. The van der Waals surface area contributed by atoms with E-state index in [0.717, 1.165) is 36.2 Å². The molecule has 0 saturated heterocycles. The van der Waals surface area contributed by atoms with E-state index in [2.05, 4.69) is 31.1 Å². The van der Waals surface area contributed by atoms with Gasteiger partial charge in [-0.2, -0.15) is 0 Å². The van der Waals surface area contributed by atoms with Gasteiger partial charge in [0.1, 0.15) is 0 Å². The second-order valence-corrected chi connectivity index (χ2v) is 4.78. The third kappa shape index (κ3) is 2.40. The summed E-state index contributed by atoms with van der Waals surface area (Å²) in [6, 6.07) is 8.17. The Morgan fingerprint density at radius 2 is 1.83 bits per heavy atom. The molecule has 0 fully saturated rings. The van der Waals surface area contributed by atoms with E-state index in [1.807, 2.05) is 23.7 Å². The fraction of sp³-hybridized carbons (Fsp3) is 0.400. The first-order valence-electron chi connectivity index (χ1n) is 6.51. The van der Waals surface area contributed by atoms with Gasteiger partial charge in [0, 0.05) is 11.3 Å². The summed E-state index contributed by atoms with van der Waals surface area (Å²) < 4.78 is 1.88. The zero-order valence-electron chi connectivity index (χ0n) is 11.3. The number of rotatable bonds is 4. The molecule has 1 N–H and O–H groups in total. The fourth-order valence-electron chi connectivity index (χ4n) is 2.15. The molecule has 2 rings (SSSR count). The summed E-state index contributed by atoms with van der Waals surface area (Å²) >= 11 is 0. The number of hydrogen-bond donors (Lipinski definition) is 1. The number of hydrogen-bond acceptors (Lipinski definition) is 1. The summed E-state index contributed by atoms with van der Waals surface area (Å²) in [5.74, 6) is 0. The molecule has 0 saturated carbocycles. The lowest BCUT2D eigenvalue weighted by molar-refractivity contribution is 0.785. The Morgan fingerprint density at radius 3 is 2.44 bits per heavy atom. The van der Waals surface area contributed by atoms with Gasteiger partial charge < -0.3 is 0 Å². The molecule has 0 aliphatic heterocycles. The first kappa shape index (κ1) is 12.7. The average molecular weight is 244 g/mol. The Balaban J connectivity index is 2.40. The minimum Gasteiger partial charge on any atom is -0.268 e. The predicted octanol–water partition coefficient (Wildman–Crippen LogP) is 3.13. The maximum absolute atomic E-state index is 11.9. The molecule has 0 spiro atoms. The number of H-pyrrole nitrogens is 1. The Labute approximate surface area is 107 Å². The van der Waals surface area contributed by atoms with Crippen LogP contribution in [0.5, 0.6) is 0 Å². The normalized spacial score (nSPS) is 10.8. The van der Waals surface area contributed by atoms with E-state index in [1.54, 1.807) is 0 Å². The fourth-order valence-corrected chi connectivity index (χ4v) is 2.15. The maximum Gasteiger partial charge on any atom is 0.267 e. The second kappa shape index (κ2) is 5.25. The van der Waals surface area contributed by atoms with E-state index >= 15 is 0 Å². The van der Waals surface area contributed by atoms with Crippen molar-refractivity contribution in [3.63, 3.8) is 0 Å². The molecule has 0 bridgehead atoms. The Morgan fingerprint density at radius 1 is 1.17 bits per heavy atom. The highest BCUT2D eigenvalue weighted by Gasteiger charge is 2.11. The minimum absolute atomic E-state index is 0.0431. The van der Waals surface area contributed by atoms with Gasteiger partial charge in [0.2, 0.25) is 0 Å². The summed E-state index contributed by atoms with van der Waals surface area (Å²) in [4.78, 5) is 11.9. The van der Waals surface area contributed by atoms with Crippen molar-refractivity contribution in [1.29, 1.82) is 0 Å². The molecule has 2 aromatic rings. The molecule has 0 aliphatic carbocycles. The number of aromatic amines is 1. The Bertz CT molecular complexity index is 576. The molecule has 1 aromatic carbocycles. The summed E-state index contributed by atoms with van der Waals surface area (Å²) in [5.41, 5.74) is 4.21. The van der Waals surface area contributed by atoms with E-state index in [1.165, 1.54) is 5.56 Å². The molecule has 3 nitrogen and oxygen atoms in total. The molecule has 1 heterocycles. The van der Waals surface area contributed by atoms with Crippen LogP contribution in [0, 0.1) is 13.8 Å². The van der Waals surface area contributed by atoms with Crippen LogP contribution in [0.25, 0.3) is 5.69 Å². The van der Waals surface area contributed by atoms with Crippen molar-refractivity contribution >= 4 is 0 Å². The van der Waals surface area contributed by atoms with Gasteiger partial charge in [-0.3, -0.25) is 14.6 Å². The summed E-state index contributed by atoms with van der Waals surface area (Å²) in [7, 11) is 0. The second-order valence-electron chi connectivity index (χ2n) is 4.78. The Kier molecular flexibility index (Phi) is 3.70. The van der Waals surface area contributed by atoms with Crippen LogP contribution in [0.15, 0.2) is 29.1 Å². The number of nitrogens with one attached hydrogen (secondary N) is 1. The van der Waals surface area contributed by atoms with Gasteiger partial charge in [-0.05, 0) is 38.8 Å². The molecule has 0 amide bonds. The number of aryl methyl sites for hydroxylation is 1. The van der Waals surface area contributed by atoms with Crippen LogP contribution in [-0.4, -0.2) is 9.78 Å². The third-order valence-corrected chi connectivity index (χ3v) is 3.33. The highest BCUT2D eigenvalue weighted by molar-refractivity contribution is 5.36. The number of benzene rings is 1. The molecule has 1 aromatic heterocycles. The van der Waals surface area contributed by atoms with E-state index < -0.39 is 0 Å². The monoisotopic (exact) mass is 244 g/mol. The largest absolute Gasteiger partial charge is 0.268 e. The molecule has 18 heavy (non-hydrogen) atoms. The molecule has 96 valence electrons. The smallest absolute Gasteiger partial charge is 0.267 e. The van der Waals surface area contributed by atoms with E-state index in [0.29, 0.717) is 0 Å². The first-order chi connectivity index (χ1) is 8.63. The SMILES string of the molecule is CCCCc1c(C)n(-c2ccc(C)cc2)[nH]c1=O. The molecular formula is C15H20N2O. The lowest BCUT2D eigenvalue weighted by Gasteiger charge is -2.06. The van der Waals surface area contributed by atoms with Gasteiger partial charge in [0.05, 0.1) is 5.69 Å². The average Bonchev–Trinajstić information content (AvgIpc) is 2.64. The maximum atomic E-state index is 11.9. The van der Waals surface area contributed by atoms with Crippen LogP contribution >= 0.6 is 0 Å². The number of unbranched alkanes of at least 4 members (excludes halogenated alkanes) is 1. The standard InChI is InChI=1S/C15H20N2O/c1-4-5-6-14-12(3)17(16-15(14)18)13-9-7-11(2)8-10-13/h7-10H,4-6H2,1-3H3,(H,16,18). The van der Waals surface area contributed by atoms with Crippen molar-refractivity contribution < 1.29 is 0 Å². The number of nitrogens with zero attached hydrogens (tertiary/aromatic N) is 1. The zero-order valence-corrected chi connectivity index (χ0v) is 11.3. The third-order valence-electron chi connectivity index (χ3n) is 3.33. The molecule has 0 unspecified atom stereocenters. The van der Waals surface area contributed by atoms with Crippen molar-refractivity contribution in [3.8, 4) is 5.69 Å². The van der Waals surface area contributed by atoms with Gasteiger partial charge in [-0.25, -0.2) is 0 Å². The molecular weight excluding hydrogens is 224 g/mol. The van der Waals surface area contributed by atoms with Gasteiger partial charge in [0.25, 0.3) is 5.56 Å². The van der Waals surface area contributed by atoms with Crippen LogP contribution in [0.3, 0.4) is 0 Å². The van der Waals surface area contributed by atoms with Crippen molar-refractivity contribution in [3.05, 3.63) is 51.4 Å². The van der Waals surface area contributed by atoms with Crippen molar-refractivity contribution in [1.82, 2.24) is 9.78 Å². The minimum atomic E-state index is 0.0431. The molecule has 0 radical (unpaired) electrons. The van der Waals surface area contributed by atoms with Gasteiger partial charge in [0.15, 0.2) is 0 Å². The van der Waals surface area contributed by atoms with Crippen LogP contribution < -0.4 is 5.56 Å². The zero-order chi connectivity index (χ0) is 13.1. The van der Waals surface area contributed by atoms with Crippen LogP contribution in [0.2, 0.25) is 0 Å². The van der Waals surface area contributed by atoms with Crippen molar-refractivity contribution in [2.75, 3.05) is 0 Å². The van der Waals surface area contributed by atoms with Gasteiger partial charge >= 0.3 is 0 Å². The molecule has 0 aliphatic rings. The van der Waals surface area contributed by atoms with E-state index in [-0.39, 0.29) is 5.56 Å². The first-order valence-corrected chi connectivity index (χ1v) is 6.51. The van der Waals surface area contributed by atoms with Gasteiger partial charge in [-0.1, -0.05) is 31.0 Å². The quantitative estimate of drug-likeness (QED) is 0.881. The van der Waals surface area contributed by atoms with Crippen LogP contribution in [0.1, 0.15) is 36.6 Å². The lowest BCUT2D eigenvalue weighted by Crippen LogP contribution is -2.07. The summed E-state index contributed by atoms with van der Waals surface area (Å²) in [6.07, 6.45) is 3.02. The van der Waals surface area contributed by atoms with E-state index in [4.69, 9.17) is 0 Å². The molecule has 0 atom stereocenters. The van der Waals surface area contributed by atoms with Crippen molar-refractivity contribution in [2.24, 2.45) is 0 Å². The lowest BCUT2D eigenvalue weighted by atomic mass is 10.1. The van der Waals surface area contributed by atoms with Crippen LogP contribution in [0.4, 0.5) is 0 Å². The summed E-state index contributed by atoms with van der Waals surface area (Å²) in [6.45, 7) is 6.20.